The molecule has 0 spiro atoms. The third-order valence-corrected chi connectivity index (χ3v) is 4.58. The monoisotopic (exact) mass is 360 g/mol. The molecule has 1 aliphatic rings. The van der Waals surface area contributed by atoms with E-state index in [2.05, 4.69) is 11.9 Å². The zero-order valence-electron chi connectivity index (χ0n) is 14.0. The predicted molar refractivity (Wildman–Crippen MR) is 94.8 cm³/mol. The number of carbonyl (C=O) groups is 1. The minimum atomic E-state index is -4.39. The van der Waals surface area contributed by atoms with Gasteiger partial charge in [-0.15, -0.1) is 0 Å². The first-order chi connectivity index (χ1) is 12.4. The second kappa shape index (κ2) is 7.23. The molecule has 2 atom stereocenters. The van der Waals surface area contributed by atoms with Gasteiger partial charge in [0, 0.05) is 24.7 Å². The van der Waals surface area contributed by atoms with Crippen LogP contribution in [0.1, 0.15) is 17.0 Å². The number of anilines is 1. The van der Waals surface area contributed by atoms with Crippen molar-refractivity contribution in [1.82, 2.24) is 4.90 Å². The Hall–Kier alpha value is -2.76. The van der Waals surface area contributed by atoms with Crippen LogP contribution < -0.4 is 5.32 Å². The Bertz CT molecular complexity index is 789. The molecule has 0 radical (unpaired) electrons. The molecule has 0 aromatic heterocycles. The van der Waals surface area contributed by atoms with Gasteiger partial charge in [0.05, 0.1) is 11.6 Å². The van der Waals surface area contributed by atoms with Gasteiger partial charge in [0.2, 0.25) is 5.91 Å². The van der Waals surface area contributed by atoms with Crippen molar-refractivity contribution in [2.24, 2.45) is 0 Å². The Morgan fingerprint density at radius 2 is 1.85 bits per heavy atom. The lowest BCUT2D eigenvalue weighted by Crippen LogP contribution is -2.30. The average molecular weight is 360 g/mol. The van der Waals surface area contributed by atoms with Crippen molar-refractivity contribution in [3.63, 3.8) is 0 Å². The van der Waals surface area contributed by atoms with Crippen LogP contribution >= 0.6 is 0 Å². The number of benzene rings is 2. The Balaban J connectivity index is 1.86. The van der Waals surface area contributed by atoms with Crippen LogP contribution in [0, 0.1) is 0 Å². The fourth-order valence-corrected chi connectivity index (χ4v) is 3.30. The summed E-state index contributed by atoms with van der Waals surface area (Å²) < 4.78 is 38.8. The Kier molecular flexibility index (Phi) is 5.02. The summed E-state index contributed by atoms with van der Waals surface area (Å²) in [4.78, 5) is 13.7. The molecule has 0 aliphatic carbocycles. The van der Waals surface area contributed by atoms with Gasteiger partial charge in [0.1, 0.15) is 0 Å². The van der Waals surface area contributed by atoms with Gasteiger partial charge in [-0.05, 0) is 29.8 Å². The van der Waals surface area contributed by atoms with E-state index in [1.807, 2.05) is 30.3 Å². The quantitative estimate of drug-likeness (QED) is 0.825. The Morgan fingerprint density at radius 3 is 2.50 bits per heavy atom. The van der Waals surface area contributed by atoms with E-state index in [0.717, 1.165) is 17.7 Å². The van der Waals surface area contributed by atoms with Crippen LogP contribution in [0.15, 0.2) is 67.3 Å². The van der Waals surface area contributed by atoms with E-state index in [1.54, 1.807) is 11.0 Å². The van der Waals surface area contributed by atoms with Gasteiger partial charge in [-0.3, -0.25) is 4.79 Å². The molecule has 2 aromatic carbocycles. The van der Waals surface area contributed by atoms with Gasteiger partial charge in [0.15, 0.2) is 0 Å². The van der Waals surface area contributed by atoms with Gasteiger partial charge in [-0.2, -0.15) is 13.2 Å². The zero-order chi connectivity index (χ0) is 18.7. The van der Waals surface area contributed by atoms with Gasteiger partial charge in [-0.25, -0.2) is 0 Å². The lowest BCUT2D eigenvalue weighted by atomic mass is 9.94. The minimum absolute atomic E-state index is 0.0188. The molecule has 3 rings (SSSR count). The number of amides is 1. The highest BCUT2D eigenvalue weighted by Gasteiger charge is 2.36. The number of likely N-dealkylation sites (tertiary alicyclic amines) is 1. The first-order valence-electron chi connectivity index (χ1n) is 8.28. The average Bonchev–Trinajstić information content (AvgIpc) is 3.05. The first-order valence-corrected chi connectivity index (χ1v) is 8.28. The number of carbonyl (C=O) groups excluding carboxylic acids is 1. The summed E-state index contributed by atoms with van der Waals surface area (Å²) in [7, 11) is 0. The summed E-state index contributed by atoms with van der Waals surface area (Å²) >= 11 is 0. The van der Waals surface area contributed by atoms with Crippen LogP contribution in [0.4, 0.5) is 18.9 Å². The number of hydrogen-bond donors (Lipinski definition) is 1. The van der Waals surface area contributed by atoms with E-state index in [9.17, 15) is 18.0 Å². The van der Waals surface area contributed by atoms with Gasteiger partial charge >= 0.3 is 6.18 Å². The van der Waals surface area contributed by atoms with Crippen molar-refractivity contribution in [2.45, 2.75) is 18.1 Å². The molecule has 26 heavy (non-hydrogen) atoms. The molecule has 6 heteroatoms. The standard InChI is InChI=1S/C20H19F3N2O/c1-2-19(26)25-12-17(14-7-4-3-5-8-14)18(13-25)24-16-10-6-9-15(11-16)20(21,22)23/h2-11,17-18,24H,1,12-13H2/t17-,18+/m0/s1. The van der Waals surface area contributed by atoms with Crippen molar-refractivity contribution < 1.29 is 18.0 Å². The van der Waals surface area contributed by atoms with Crippen LogP contribution in [0.3, 0.4) is 0 Å². The summed E-state index contributed by atoms with van der Waals surface area (Å²) in [5, 5.41) is 3.18. The molecular formula is C20H19F3N2O. The van der Waals surface area contributed by atoms with Crippen molar-refractivity contribution in [1.29, 1.82) is 0 Å². The van der Waals surface area contributed by atoms with Crippen LogP contribution in [-0.4, -0.2) is 29.9 Å². The number of halogens is 3. The molecule has 1 heterocycles. The van der Waals surface area contributed by atoms with Gasteiger partial charge in [0.25, 0.3) is 0 Å². The zero-order valence-corrected chi connectivity index (χ0v) is 14.0. The fourth-order valence-electron chi connectivity index (χ4n) is 3.30. The smallest absolute Gasteiger partial charge is 0.380 e. The summed E-state index contributed by atoms with van der Waals surface area (Å²) in [6, 6.07) is 14.6. The molecule has 1 aliphatic heterocycles. The molecule has 0 unspecified atom stereocenters. The number of nitrogens with one attached hydrogen (secondary N) is 1. The first kappa shape index (κ1) is 18.0. The molecule has 1 N–H and O–H groups in total. The third-order valence-electron chi connectivity index (χ3n) is 4.58. The molecule has 1 saturated heterocycles. The van der Waals surface area contributed by atoms with E-state index < -0.39 is 11.7 Å². The Labute approximate surface area is 150 Å². The van der Waals surface area contributed by atoms with E-state index in [0.29, 0.717) is 18.8 Å². The molecule has 1 fully saturated rings. The molecule has 2 aromatic rings. The summed E-state index contributed by atoms with van der Waals surface area (Å²) in [6.07, 6.45) is -3.13. The highest BCUT2D eigenvalue weighted by Crippen LogP contribution is 2.33. The van der Waals surface area contributed by atoms with Crippen LogP contribution in [0.25, 0.3) is 0 Å². The predicted octanol–water partition coefficient (Wildman–Crippen LogP) is 4.30. The second-order valence-electron chi connectivity index (χ2n) is 6.29. The Morgan fingerprint density at radius 1 is 1.12 bits per heavy atom. The van der Waals surface area contributed by atoms with Gasteiger partial charge < -0.3 is 10.2 Å². The maximum Gasteiger partial charge on any atom is 0.416 e. The van der Waals surface area contributed by atoms with E-state index in [-0.39, 0.29) is 17.9 Å². The minimum Gasteiger partial charge on any atom is -0.380 e. The largest absolute Gasteiger partial charge is 0.416 e. The lowest BCUT2D eigenvalue weighted by Gasteiger charge is -2.21. The molecule has 3 nitrogen and oxygen atoms in total. The van der Waals surface area contributed by atoms with Crippen molar-refractivity contribution >= 4 is 11.6 Å². The summed E-state index contributed by atoms with van der Waals surface area (Å²) in [5.74, 6) is -0.200. The van der Waals surface area contributed by atoms with E-state index in [1.165, 1.54) is 12.1 Å². The highest BCUT2D eigenvalue weighted by atomic mass is 19.4. The molecule has 0 bridgehead atoms. The lowest BCUT2D eigenvalue weighted by molar-refractivity contribution is -0.137. The highest BCUT2D eigenvalue weighted by molar-refractivity contribution is 5.87. The van der Waals surface area contributed by atoms with Gasteiger partial charge in [-0.1, -0.05) is 43.0 Å². The number of nitrogens with zero attached hydrogens (tertiary/aromatic N) is 1. The second-order valence-corrected chi connectivity index (χ2v) is 6.29. The molecular weight excluding hydrogens is 341 g/mol. The topological polar surface area (TPSA) is 32.3 Å². The summed E-state index contributed by atoms with van der Waals surface area (Å²) in [6.45, 7) is 4.41. The van der Waals surface area contributed by atoms with E-state index in [4.69, 9.17) is 0 Å². The maximum atomic E-state index is 12.9. The third kappa shape index (κ3) is 3.90. The van der Waals surface area contributed by atoms with Crippen molar-refractivity contribution in [2.75, 3.05) is 18.4 Å². The van der Waals surface area contributed by atoms with Crippen LogP contribution in [0.2, 0.25) is 0 Å². The number of hydrogen-bond acceptors (Lipinski definition) is 2. The van der Waals surface area contributed by atoms with Crippen LogP contribution in [-0.2, 0) is 11.0 Å². The van der Waals surface area contributed by atoms with Crippen LogP contribution in [0.5, 0.6) is 0 Å². The summed E-state index contributed by atoms with van der Waals surface area (Å²) in [5.41, 5.74) is 0.728. The number of rotatable bonds is 4. The van der Waals surface area contributed by atoms with Crippen molar-refractivity contribution in [3.05, 3.63) is 78.4 Å². The molecule has 0 saturated carbocycles. The fraction of sp³-hybridized carbons (Fsp3) is 0.250. The molecule has 1 amide bonds. The number of alkyl halides is 3. The maximum absolute atomic E-state index is 12.9. The molecule has 136 valence electrons. The van der Waals surface area contributed by atoms with E-state index >= 15 is 0 Å². The van der Waals surface area contributed by atoms with Crippen molar-refractivity contribution in [3.8, 4) is 0 Å². The SMILES string of the molecule is C=CC(=O)N1C[C@@H](Nc2cccc(C(F)(F)F)c2)[C@H](c2ccccc2)C1. The normalized spacial score (nSPS) is 20.0.